The third-order valence-corrected chi connectivity index (χ3v) is 2.84. The third kappa shape index (κ3) is 4.09. The van der Waals surface area contributed by atoms with Gasteiger partial charge in [-0.05, 0) is 6.07 Å². The average molecular weight is 324 g/mol. The molecule has 1 aromatic rings. The zero-order chi connectivity index (χ0) is 17.6. The van der Waals surface area contributed by atoms with Crippen LogP contribution in [0.2, 0.25) is 0 Å². The molecule has 0 radical (unpaired) electrons. The van der Waals surface area contributed by atoms with Gasteiger partial charge >= 0.3 is 11.9 Å². The van der Waals surface area contributed by atoms with Crippen LogP contribution < -0.4 is 0 Å². The molecular formula is C13H12N2O8. The van der Waals surface area contributed by atoms with Crippen LogP contribution in [-0.4, -0.2) is 36.0 Å². The summed E-state index contributed by atoms with van der Waals surface area (Å²) in [5.74, 6) is -4.09. The summed E-state index contributed by atoms with van der Waals surface area (Å²) in [6, 6.07) is 5.00. The summed E-state index contributed by atoms with van der Waals surface area (Å²) in [5.41, 5.74) is -1.26. The minimum absolute atomic E-state index is 0.255. The van der Waals surface area contributed by atoms with E-state index in [9.17, 15) is 29.8 Å². The number of nitrogens with zero attached hydrogens (tertiary/aromatic N) is 2. The van der Waals surface area contributed by atoms with Gasteiger partial charge in [-0.15, -0.1) is 0 Å². The maximum absolute atomic E-state index is 11.8. The van der Waals surface area contributed by atoms with Gasteiger partial charge in [0.25, 0.3) is 5.69 Å². The van der Waals surface area contributed by atoms with E-state index in [-0.39, 0.29) is 5.56 Å². The number of ether oxygens (including phenoxy) is 2. The molecule has 10 heteroatoms. The second-order valence-electron chi connectivity index (χ2n) is 4.12. The van der Waals surface area contributed by atoms with Gasteiger partial charge in [0.2, 0.25) is 6.20 Å². The van der Waals surface area contributed by atoms with Crippen molar-refractivity contribution >= 4 is 23.2 Å². The maximum Gasteiger partial charge on any atom is 0.324 e. The fourth-order valence-corrected chi connectivity index (χ4v) is 1.88. The number of benzene rings is 1. The summed E-state index contributed by atoms with van der Waals surface area (Å²) >= 11 is 0. The molecule has 23 heavy (non-hydrogen) atoms. The average Bonchev–Trinajstić information content (AvgIpc) is 2.53. The molecule has 0 N–H and O–H groups in total. The van der Waals surface area contributed by atoms with Crippen LogP contribution in [0.4, 0.5) is 5.69 Å². The van der Waals surface area contributed by atoms with Crippen molar-refractivity contribution in [1.82, 2.24) is 0 Å². The second kappa shape index (κ2) is 7.64. The van der Waals surface area contributed by atoms with Gasteiger partial charge < -0.3 is 9.47 Å². The van der Waals surface area contributed by atoms with Crippen LogP contribution in [-0.2, 0) is 19.1 Å². The molecule has 0 saturated heterocycles. The number of esters is 2. The molecule has 0 fully saturated rings. The zero-order valence-electron chi connectivity index (χ0n) is 12.1. The lowest BCUT2D eigenvalue weighted by Crippen LogP contribution is -2.28. The van der Waals surface area contributed by atoms with Crippen LogP contribution in [0.1, 0.15) is 5.56 Å². The van der Waals surface area contributed by atoms with Gasteiger partial charge in [-0.2, -0.15) is 0 Å². The largest absolute Gasteiger partial charge is 0.468 e. The molecule has 0 unspecified atom stereocenters. The van der Waals surface area contributed by atoms with E-state index in [1.807, 2.05) is 0 Å². The van der Waals surface area contributed by atoms with Gasteiger partial charge in [0.1, 0.15) is 0 Å². The summed E-state index contributed by atoms with van der Waals surface area (Å²) in [5, 5.41) is 21.9. The molecule has 0 atom stereocenters. The maximum atomic E-state index is 11.8. The van der Waals surface area contributed by atoms with Crippen LogP contribution >= 0.6 is 0 Å². The first-order valence-electron chi connectivity index (χ1n) is 6.08. The Morgan fingerprint density at radius 2 is 1.61 bits per heavy atom. The number of para-hydroxylation sites is 1. The molecular weight excluding hydrogens is 312 g/mol. The number of nitro benzene ring substituents is 1. The van der Waals surface area contributed by atoms with Gasteiger partial charge in [-0.3, -0.25) is 29.8 Å². The topological polar surface area (TPSA) is 139 Å². The van der Waals surface area contributed by atoms with Gasteiger partial charge in [0.05, 0.1) is 35.2 Å². The summed E-state index contributed by atoms with van der Waals surface area (Å²) < 4.78 is 8.89. The van der Waals surface area contributed by atoms with E-state index in [0.717, 1.165) is 20.3 Å². The molecule has 10 nitrogen and oxygen atoms in total. The van der Waals surface area contributed by atoms with Gasteiger partial charge in [-0.1, -0.05) is 12.1 Å². The lowest BCUT2D eigenvalue weighted by molar-refractivity contribution is -0.402. The Hall–Kier alpha value is -3.30. The molecule has 1 rings (SSSR count). The number of carbonyl (C=O) groups is 2. The summed E-state index contributed by atoms with van der Waals surface area (Å²) in [6.45, 7) is 0. The number of carbonyl (C=O) groups excluding carboxylic acids is 2. The fourth-order valence-electron chi connectivity index (χ4n) is 1.88. The molecule has 0 aliphatic carbocycles. The van der Waals surface area contributed by atoms with Crippen LogP contribution in [0.5, 0.6) is 0 Å². The first-order valence-corrected chi connectivity index (χ1v) is 6.08. The summed E-state index contributed by atoms with van der Waals surface area (Å²) in [4.78, 5) is 43.9. The van der Waals surface area contributed by atoms with Crippen molar-refractivity contribution in [2.24, 2.45) is 5.92 Å². The van der Waals surface area contributed by atoms with E-state index >= 15 is 0 Å². The third-order valence-electron chi connectivity index (χ3n) is 2.84. The predicted octanol–water partition coefficient (Wildman–Crippen LogP) is 1.17. The monoisotopic (exact) mass is 324 g/mol. The Morgan fingerprint density at radius 3 is 2.04 bits per heavy atom. The van der Waals surface area contributed by atoms with Crippen molar-refractivity contribution < 1.29 is 28.9 Å². The molecule has 0 saturated carbocycles. The molecule has 0 aliphatic heterocycles. The number of hydrogen-bond acceptors (Lipinski definition) is 8. The van der Waals surface area contributed by atoms with Gasteiger partial charge in [-0.25, -0.2) is 0 Å². The Balaban J connectivity index is 3.64. The second-order valence-corrected chi connectivity index (χ2v) is 4.12. The number of rotatable bonds is 6. The Kier molecular flexibility index (Phi) is 5.89. The first kappa shape index (κ1) is 17.8. The molecule has 0 heterocycles. The van der Waals surface area contributed by atoms with E-state index in [4.69, 9.17) is 0 Å². The van der Waals surface area contributed by atoms with Crippen LogP contribution in [0.15, 0.2) is 30.5 Å². The van der Waals surface area contributed by atoms with Crippen molar-refractivity contribution in [3.8, 4) is 0 Å². The summed E-state index contributed by atoms with van der Waals surface area (Å²) in [7, 11) is 1.95. The molecule has 122 valence electrons. The lowest BCUT2D eigenvalue weighted by Gasteiger charge is -2.14. The van der Waals surface area contributed by atoms with E-state index in [1.54, 1.807) is 0 Å². The normalized spacial score (nSPS) is 11.0. The minimum Gasteiger partial charge on any atom is -0.468 e. The summed E-state index contributed by atoms with van der Waals surface area (Å²) in [6.07, 6.45) is 0.348. The lowest BCUT2D eigenvalue weighted by atomic mass is 9.92. The van der Waals surface area contributed by atoms with Crippen LogP contribution in [0.3, 0.4) is 0 Å². The molecule has 0 spiro atoms. The Bertz CT molecular complexity index is 666. The Morgan fingerprint density at radius 1 is 1.09 bits per heavy atom. The smallest absolute Gasteiger partial charge is 0.324 e. The standard InChI is InChI=1S/C13H12N2O8/c1-22-12(16)11(13(17)23-2)9(7-14(18)19)8-5-3-4-6-10(8)15(20)21/h3-7,11H,1-2H3/b9-7-. The quantitative estimate of drug-likeness (QED) is 0.329. The predicted molar refractivity (Wildman–Crippen MR) is 75.6 cm³/mol. The molecule has 0 amide bonds. The van der Waals surface area contributed by atoms with Crippen molar-refractivity contribution in [3.05, 3.63) is 56.3 Å². The molecule has 1 aromatic carbocycles. The highest BCUT2D eigenvalue weighted by Gasteiger charge is 2.38. The number of hydrogen-bond donors (Lipinski definition) is 0. The van der Waals surface area contributed by atoms with Crippen LogP contribution in [0.25, 0.3) is 5.57 Å². The van der Waals surface area contributed by atoms with E-state index < -0.39 is 39.0 Å². The van der Waals surface area contributed by atoms with E-state index in [2.05, 4.69) is 9.47 Å². The van der Waals surface area contributed by atoms with Crippen LogP contribution in [0, 0.1) is 26.1 Å². The fraction of sp³-hybridized carbons (Fsp3) is 0.231. The van der Waals surface area contributed by atoms with Crippen molar-refractivity contribution in [1.29, 1.82) is 0 Å². The highest BCUT2D eigenvalue weighted by molar-refractivity contribution is 6.07. The number of methoxy groups -OCH3 is 2. The van der Waals surface area contributed by atoms with Crippen molar-refractivity contribution in [2.45, 2.75) is 0 Å². The minimum atomic E-state index is -1.82. The Labute approximate surface area is 129 Å². The number of nitro groups is 2. The van der Waals surface area contributed by atoms with E-state index in [1.165, 1.54) is 18.2 Å². The van der Waals surface area contributed by atoms with Crippen molar-refractivity contribution in [2.75, 3.05) is 14.2 Å². The molecule has 0 aliphatic rings. The molecule has 0 aromatic heterocycles. The van der Waals surface area contributed by atoms with Gasteiger partial charge in [0.15, 0.2) is 5.92 Å². The highest BCUT2D eigenvalue weighted by atomic mass is 16.6. The SMILES string of the molecule is COC(=O)C(C(=O)OC)/C(=C\[N+](=O)[O-])c1ccccc1[N+](=O)[O-]. The molecule has 0 bridgehead atoms. The first-order chi connectivity index (χ1) is 10.8. The van der Waals surface area contributed by atoms with E-state index in [0.29, 0.717) is 6.20 Å². The van der Waals surface area contributed by atoms with Crippen molar-refractivity contribution in [3.63, 3.8) is 0 Å². The highest BCUT2D eigenvalue weighted by Crippen LogP contribution is 2.32. The van der Waals surface area contributed by atoms with Gasteiger partial charge in [0, 0.05) is 6.07 Å². The zero-order valence-corrected chi connectivity index (χ0v) is 12.1.